The van der Waals surface area contributed by atoms with Crippen LogP contribution in [0.5, 0.6) is 0 Å². The van der Waals surface area contributed by atoms with Gasteiger partial charge in [-0.1, -0.05) is 46.0 Å². The molecule has 11 heavy (non-hydrogen) atoms. The van der Waals surface area contributed by atoms with Gasteiger partial charge in [-0.3, -0.25) is 0 Å². The maximum atomic E-state index is 8.73. The molecule has 0 aliphatic carbocycles. The summed E-state index contributed by atoms with van der Waals surface area (Å²) in [5.41, 5.74) is 0. The highest BCUT2D eigenvalue weighted by atomic mass is 16.4. The molecule has 0 aliphatic heterocycles. The van der Waals surface area contributed by atoms with Gasteiger partial charge in [-0.05, 0) is 5.82 Å². The zero-order chi connectivity index (χ0) is 8.69. The number of rotatable bonds is 6. The Morgan fingerprint density at radius 3 is 2.27 bits per heavy atom. The van der Waals surface area contributed by atoms with Crippen molar-refractivity contribution < 1.29 is 10.0 Å². The van der Waals surface area contributed by atoms with Crippen molar-refractivity contribution in [2.45, 2.75) is 51.8 Å². The maximum absolute atomic E-state index is 8.73. The van der Waals surface area contributed by atoms with Crippen LogP contribution in [-0.2, 0) is 0 Å². The van der Waals surface area contributed by atoms with Gasteiger partial charge in [-0.25, -0.2) is 0 Å². The molecule has 0 aromatic heterocycles. The molecule has 66 valence electrons. The minimum atomic E-state index is -1.13. The molecule has 0 aliphatic rings. The van der Waals surface area contributed by atoms with Crippen LogP contribution in [0, 0.1) is 0 Å². The first-order valence-electron chi connectivity index (χ1n) is 4.54. The van der Waals surface area contributed by atoms with Crippen molar-refractivity contribution in [2.75, 3.05) is 0 Å². The highest BCUT2D eigenvalue weighted by molar-refractivity contribution is 6.42. The van der Waals surface area contributed by atoms with E-state index >= 15 is 0 Å². The van der Waals surface area contributed by atoms with Crippen molar-refractivity contribution in [2.24, 2.45) is 0 Å². The molecular formula is C8H19BO2. The molecule has 3 heteroatoms. The predicted molar refractivity (Wildman–Crippen MR) is 48.4 cm³/mol. The highest BCUT2D eigenvalue weighted by Gasteiger charge is 2.16. The summed E-state index contributed by atoms with van der Waals surface area (Å²) < 4.78 is 0. The molecule has 0 saturated carbocycles. The minimum Gasteiger partial charge on any atom is -0.427 e. The van der Waals surface area contributed by atoms with Gasteiger partial charge in [-0.15, -0.1) is 0 Å². The Morgan fingerprint density at radius 2 is 1.82 bits per heavy atom. The molecule has 0 fully saturated rings. The molecule has 2 nitrogen and oxygen atoms in total. The van der Waals surface area contributed by atoms with Gasteiger partial charge < -0.3 is 10.0 Å². The van der Waals surface area contributed by atoms with Gasteiger partial charge in [0.25, 0.3) is 0 Å². The lowest BCUT2D eigenvalue weighted by atomic mass is 9.71. The van der Waals surface area contributed by atoms with Crippen molar-refractivity contribution in [1.29, 1.82) is 0 Å². The minimum absolute atomic E-state index is 0.0341. The number of hydrogen-bond donors (Lipinski definition) is 2. The molecule has 0 bridgehead atoms. The van der Waals surface area contributed by atoms with Crippen LogP contribution >= 0.6 is 0 Å². The maximum Gasteiger partial charge on any atom is 0.454 e. The average Bonchev–Trinajstić information content (AvgIpc) is 1.97. The molecule has 0 spiro atoms. The highest BCUT2D eigenvalue weighted by Crippen LogP contribution is 2.15. The summed E-state index contributed by atoms with van der Waals surface area (Å²) in [5, 5.41) is 17.5. The normalized spacial score (nSPS) is 13.1. The molecule has 0 heterocycles. The van der Waals surface area contributed by atoms with Crippen LogP contribution < -0.4 is 0 Å². The van der Waals surface area contributed by atoms with Crippen LogP contribution in [0.15, 0.2) is 0 Å². The first-order chi connectivity index (χ1) is 5.18. The molecule has 2 N–H and O–H groups in total. The first-order valence-corrected chi connectivity index (χ1v) is 4.54. The molecule has 0 amide bonds. The summed E-state index contributed by atoms with van der Waals surface area (Å²) in [7, 11) is -1.13. The van der Waals surface area contributed by atoms with E-state index < -0.39 is 7.12 Å². The van der Waals surface area contributed by atoms with Crippen molar-refractivity contribution in [3.63, 3.8) is 0 Å². The topological polar surface area (TPSA) is 40.5 Å². The van der Waals surface area contributed by atoms with Crippen LogP contribution in [0.25, 0.3) is 0 Å². The van der Waals surface area contributed by atoms with Gasteiger partial charge in [0.1, 0.15) is 0 Å². The van der Waals surface area contributed by atoms with Crippen molar-refractivity contribution in [1.82, 2.24) is 0 Å². The lowest BCUT2D eigenvalue weighted by molar-refractivity contribution is 0.380. The SMILES string of the molecule is CCCCCCC(C)B(O)O. The Labute approximate surface area is 69.8 Å². The smallest absolute Gasteiger partial charge is 0.427 e. The Hall–Kier alpha value is -0.0151. The third-order valence-corrected chi connectivity index (χ3v) is 2.02. The number of hydrogen-bond acceptors (Lipinski definition) is 2. The van der Waals surface area contributed by atoms with E-state index in [4.69, 9.17) is 10.0 Å². The molecule has 1 atom stereocenters. The third-order valence-electron chi connectivity index (χ3n) is 2.02. The quantitative estimate of drug-likeness (QED) is 0.457. The fourth-order valence-electron chi connectivity index (χ4n) is 1.04. The van der Waals surface area contributed by atoms with Crippen LogP contribution in [0.2, 0.25) is 5.82 Å². The molecule has 0 rings (SSSR count). The molecule has 1 unspecified atom stereocenters. The zero-order valence-electron chi connectivity index (χ0n) is 7.58. The Morgan fingerprint density at radius 1 is 1.18 bits per heavy atom. The second kappa shape index (κ2) is 6.68. The van der Waals surface area contributed by atoms with Crippen molar-refractivity contribution >= 4 is 7.12 Å². The largest absolute Gasteiger partial charge is 0.454 e. The Balaban J connectivity index is 3.10. The fraction of sp³-hybridized carbons (Fsp3) is 1.00. The van der Waals surface area contributed by atoms with Crippen molar-refractivity contribution in [3.8, 4) is 0 Å². The van der Waals surface area contributed by atoms with Gasteiger partial charge in [-0.2, -0.15) is 0 Å². The Kier molecular flexibility index (Phi) is 6.67. The summed E-state index contributed by atoms with van der Waals surface area (Å²) >= 11 is 0. The van der Waals surface area contributed by atoms with Crippen molar-refractivity contribution in [3.05, 3.63) is 0 Å². The summed E-state index contributed by atoms with van der Waals surface area (Å²) in [5.74, 6) is 0.0341. The fourth-order valence-corrected chi connectivity index (χ4v) is 1.04. The van der Waals surface area contributed by atoms with E-state index in [1.165, 1.54) is 19.3 Å². The van der Waals surface area contributed by atoms with Gasteiger partial charge in [0.15, 0.2) is 0 Å². The lowest BCUT2D eigenvalue weighted by Crippen LogP contribution is -2.17. The van der Waals surface area contributed by atoms with E-state index in [1.807, 2.05) is 6.92 Å². The van der Waals surface area contributed by atoms with Crippen LogP contribution in [0.3, 0.4) is 0 Å². The van der Waals surface area contributed by atoms with E-state index in [1.54, 1.807) is 0 Å². The van der Waals surface area contributed by atoms with Gasteiger partial charge >= 0.3 is 7.12 Å². The summed E-state index contributed by atoms with van der Waals surface area (Å²) in [6.07, 6.45) is 5.75. The first kappa shape index (κ1) is 11.0. The monoisotopic (exact) mass is 158 g/mol. The molecular weight excluding hydrogens is 139 g/mol. The molecule has 0 radical (unpaired) electrons. The predicted octanol–water partition coefficient (Wildman–Crippen LogP) is 1.82. The zero-order valence-corrected chi connectivity index (χ0v) is 7.58. The molecule has 0 saturated heterocycles. The van der Waals surface area contributed by atoms with E-state index in [2.05, 4.69) is 6.92 Å². The molecule has 0 aromatic rings. The van der Waals surface area contributed by atoms with Crippen LogP contribution in [0.1, 0.15) is 46.0 Å². The summed E-state index contributed by atoms with van der Waals surface area (Å²) in [4.78, 5) is 0. The van der Waals surface area contributed by atoms with Crippen LogP contribution in [-0.4, -0.2) is 17.2 Å². The lowest BCUT2D eigenvalue weighted by Gasteiger charge is -2.08. The molecule has 0 aromatic carbocycles. The standard InChI is InChI=1S/C8H19BO2/c1-3-4-5-6-7-8(2)9(10)11/h8,10-11H,3-7H2,1-2H3. The third kappa shape index (κ3) is 6.39. The average molecular weight is 158 g/mol. The Bertz CT molecular complexity index is 86.2. The second-order valence-electron chi connectivity index (χ2n) is 3.24. The number of unbranched alkanes of at least 4 members (excludes halogenated alkanes) is 3. The van der Waals surface area contributed by atoms with E-state index in [-0.39, 0.29) is 5.82 Å². The van der Waals surface area contributed by atoms with E-state index in [0.29, 0.717) is 0 Å². The summed E-state index contributed by atoms with van der Waals surface area (Å²) in [6.45, 7) is 4.04. The van der Waals surface area contributed by atoms with Gasteiger partial charge in [0, 0.05) is 0 Å². The van der Waals surface area contributed by atoms with E-state index in [0.717, 1.165) is 12.8 Å². The van der Waals surface area contributed by atoms with E-state index in [9.17, 15) is 0 Å². The van der Waals surface area contributed by atoms with Crippen LogP contribution in [0.4, 0.5) is 0 Å². The van der Waals surface area contributed by atoms with Gasteiger partial charge in [0.2, 0.25) is 0 Å². The summed E-state index contributed by atoms with van der Waals surface area (Å²) in [6, 6.07) is 0. The second-order valence-corrected chi connectivity index (χ2v) is 3.24. The van der Waals surface area contributed by atoms with Gasteiger partial charge in [0.05, 0.1) is 0 Å².